The SMILES string of the molecule is O[C@H](C[Si](c1ccccc1)(c1ccccc1)c1ccccc1)[C@H](O)C[Si](c1ccccc1)(c1ccccc1)c1ccccc1. The Morgan fingerprint density at radius 3 is 0.614 bits per heavy atom. The van der Waals surface area contributed by atoms with Crippen molar-refractivity contribution in [1.82, 2.24) is 0 Å². The molecule has 2 N–H and O–H groups in total. The third kappa shape index (κ3) is 5.77. The van der Waals surface area contributed by atoms with Crippen LogP contribution in [-0.4, -0.2) is 38.6 Å². The van der Waals surface area contributed by atoms with Gasteiger partial charge in [0.1, 0.15) is 0 Å². The molecule has 0 spiro atoms. The van der Waals surface area contributed by atoms with Crippen LogP contribution in [0.2, 0.25) is 12.1 Å². The largest absolute Gasteiger partial charge is 0.391 e. The second-order valence-electron chi connectivity index (χ2n) is 11.5. The van der Waals surface area contributed by atoms with Gasteiger partial charge in [-0.05, 0) is 43.2 Å². The Morgan fingerprint density at radius 2 is 0.455 bits per heavy atom. The van der Waals surface area contributed by atoms with Crippen LogP contribution >= 0.6 is 0 Å². The van der Waals surface area contributed by atoms with Crippen LogP contribution in [0.4, 0.5) is 0 Å². The minimum absolute atomic E-state index is 0.467. The summed E-state index contributed by atoms with van der Waals surface area (Å²) in [7, 11) is -5.51. The predicted molar refractivity (Wildman–Crippen MR) is 190 cm³/mol. The van der Waals surface area contributed by atoms with Gasteiger partial charge in [-0.25, -0.2) is 0 Å². The zero-order valence-corrected chi connectivity index (χ0v) is 26.8. The molecule has 44 heavy (non-hydrogen) atoms. The average Bonchev–Trinajstić information content (AvgIpc) is 3.11. The Hall–Kier alpha value is -4.33. The molecule has 6 rings (SSSR count). The van der Waals surface area contributed by atoms with Crippen LogP contribution in [0.5, 0.6) is 0 Å². The molecule has 6 aromatic rings. The topological polar surface area (TPSA) is 40.5 Å². The minimum atomic E-state index is -2.76. The van der Waals surface area contributed by atoms with Crippen LogP contribution in [0.3, 0.4) is 0 Å². The van der Waals surface area contributed by atoms with Crippen LogP contribution in [0.25, 0.3) is 0 Å². The molecule has 0 saturated heterocycles. The summed E-state index contributed by atoms with van der Waals surface area (Å²) in [5.74, 6) is 0. The van der Waals surface area contributed by atoms with Gasteiger partial charge in [0, 0.05) is 0 Å². The van der Waals surface area contributed by atoms with Crippen molar-refractivity contribution >= 4 is 47.3 Å². The summed E-state index contributed by atoms with van der Waals surface area (Å²) >= 11 is 0. The number of rotatable bonds is 11. The van der Waals surface area contributed by atoms with Gasteiger partial charge < -0.3 is 10.2 Å². The number of hydrogen-bond donors (Lipinski definition) is 2. The third-order valence-corrected chi connectivity index (χ3v) is 19.0. The molecule has 0 aliphatic rings. The van der Waals surface area contributed by atoms with Crippen molar-refractivity contribution in [3.05, 3.63) is 182 Å². The van der Waals surface area contributed by atoms with Crippen molar-refractivity contribution in [1.29, 1.82) is 0 Å². The molecule has 0 unspecified atom stereocenters. The molecule has 0 aromatic heterocycles. The molecule has 0 heterocycles. The van der Waals surface area contributed by atoms with E-state index in [1.54, 1.807) is 0 Å². The van der Waals surface area contributed by atoms with E-state index in [-0.39, 0.29) is 0 Å². The van der Waals surface area contributed by atoms with Crippen LogP contribution in [0, 0.1) is 0 Å². The molecule has 4 heteroatoms. The molecule has 0 saturated carbocycles. The van der Waals surface area contributed by atoms with Gasteiger partial charge in [0.15, 0.2) is 16.1 Å². The Kier molecular flexibility index (Phi) is 9.15. The zero-order valence-electron chi connectivity index (χ0n) is 24.8. The standard InChI is InChI=1S/C40H38O2Si2/c41-39(31-43(33-19-7-1-8-20-33,34-21-9-2-10-22-34)35-23-11-3-12-24-35)40(42)32-44(36-25-13-4-14-26-36,37-27-15-5-16-28-37)38-29-17-6-18-30-38/h1-30,39-42H,31-32H2/t39-,40-/m1/s1. The van der Waals surface area contributed by atoms with Gasteiger partial charge in [-0.2, -0.15) is 0 Å². The lowest BCUT2D eigenvalue weighted by Crippen LogP contribution is -2.70. The maximum Gasteiger partial charge on any atom is 0.150 e. The lowest BCUT2D eigenvalue weighted by Gasteiger charge is -2.39. The minimum Gasteiger partial charge on any atom is -0.391 e. The number of aliphatic hydroxyl groups is 2. The summed E-state index contributed by atoms with van der Waals surface area (Å²) in [6.45, 7) is 0. The molecule has 2 nitrogen and oxygen atoms in total. The van der Waals surface area contributed by atoms with E-state index < -0.39 is 28.4 Å². The number of aliphatic hydroxyl groups excluding tert-OH is 2. The van der Waals surface area contributed by atoms with Gasteiger partial charge >= 0.3 is 0 Å². The van der Waals surface area contributed by atoms with E-state index in [0.29, 0.717) is 12.1 Å². The van der Waals surface area contributed by atoms with E-state index in [2.05, 4.69) is 146 Å². The van der Waals surface area contributed by atoms with Crippen molar-refractivity contribution < 1.29 is 10.2 Å². The molecule has 6 aromatic carbocycles. The predicted octanol–water partition coefficient (Wildman–Crippen LogP) is 4.05. The van der Waals surface area contributed by atoms with Crippen LogP contribution in [0.15, 0.2) is 182 Å². The Bertz CT molecular complexity index is 1390. The Balaban J connectivity index is 1.48. The van der Waals surface area contributed by atoms with E-state index in [1.165, 1.54) is 31.1 Å². The zero-order chi connectivity index (χ0) is 30.2. The number of benzene rings is 6. The summed E-state index contributed by atoms with van der Waals surface area (Å²) in [6, 6.07) is 64.6. The molecule has 0 fully saturated rings. The highest BCUT2D eigenvalue weighted by atomic mass is 28.3. The maximum absolute atomic E-state index is 12.2. The smallest absolute Gasteiger partial charge is 0.150 e. The lowest BCUT2D eigenvalue weighted by atomic mass is 10.2. The van der Waals surface area contributed by atoms with E-state index in [1.807, 2.05) is 36.4 Å². The van der Waals surface area contributed by atoms with Crippen molar-refractivity contribution in [2.24, 2.45) is 0 Å². The lowest BCUT2D eigenvalue weighted by molar-refractivity contribution is 0.0429. The summed E-state index contributed by atoms with van der Waals surface area (Å²) < 4.78 is 0. The van der Waals surface area contributed by atoms with E-state index in [0.717, 1.165) is 0 Å². The van der Waals surface area contributed by atoms with Gasteiger partial charge in [0.25, 0.3) is 0 Å². The fourth-order valence-electron chi connectivity index (χ4n) is 6.94. The number of hydrogen-bond acceptors (Lipinski definition) is 2. The van der Waals surface area contributed by atoms with Crippen LogP contribution in [0.1, 0.15) is 0 Å². The maximum atomic E-state index is 12.2. The molecule has 0 amide bonds. The molecule has 0 aliphatic carbocycles. The molecule has 218 valence electrons. The van der Waals surface area contributed by atoms with E-state index in [9.17, 15) is 10.2 Å². The van der Waals surface area contributed by atoms with Gasteiger partial charge in [0.2, 0.25) is 0 Å². The van der Waals surface area contributed by atoms with Crippen LogP contribution < -0.4 is 31.1 Å². The highest BCUT2D eigenvalue weighted by Gasteiger charge is 2.46. The van der Waals surface area contributed by atoms with Crippen molar-refractivity contribution in [3.63, 3.8) is 0 Å². The molecule has 0 bridgehead atoms. The molecular weight excluding hydrogens is 569 g/mol. The Morgan fingerprint density at radius 1 is 0.295 bits per heavy atom. The Labute approximate surface area is 263 Å². The second kappa shape index (κ2) is 13.5. The highest BCUT2D eigenvalue weighted by molar-refractivity contribution is 7.12. The second-order valence-corrected chi connectivity index (χ2v) is 19.5. The molecule has 0 radical (unpaired) electrons. The van der Waals surface area contributed by atoms with Gasteiger partial charge in [-0.1, -0.05) is 182 Å². The summed E-state index contributed by atoms with van der Waals surface area (Å²) in [5.41, 5.74) is 0. The van der Waals surface area contributed by atoms with Gasteiger partial charge in [-0.3, -0.25) is 0 Å². The van der Waals surface area contributed by atoms with Crippen molar-refractivity contribution in [2.75, 3.05) is 0 Å². The third-order valence-electron chi connectivity index (χ3n) is 9.07. The highest BCUT2D eigenvalue weighted by Crippen LogP contribution is 2.23. The molecule has 2 atom stereocenters. The molecular formula is C40H38O2Si2. The fraction of sp³-hybridized carbons (Fsp3) is 0.100. The summed E-state index contributed by atoms with van der Waals surface area (Å²) in [6.07, 6.45) is -1.88. The summed E-state index contributed by atoms with van der Waals surface area (Å²) in [4.78, 5) is 0. The van der Waals surface area contributed by atoms with E-state index in [4.69, 9.17) is 0 Å². The van der Waals surface area contributed by atoms with Gasteiger partial charge in [-0.15, -0.1) is 0 Å². The molecule has 0 aliphatic heterocycles. The normalized spacial score (nSPS) is 13.2. The van der Waals surface area contributed by atoms with Crippen molar-refractivity contribution in [2.45, 2.75) is 24.3 Å². The first kappa shape index (κ1) is 29.7. The first-order chi connectivity index (χ1) is 21.6. The monoisotopic (exact) mass is 606 g/mol. The van der Waals surface area contributed by atoms with E-state index >= 15 is 0 Å². The first-order valence-corrected chi connectivity index (χ1v) is 19.8. The first-order valence-electron chi connectivity index (χ1n) is 15.3. The quantitative estimate of drug-likeness (QED) is 0.173. The fourth-order valence-corrected chi connectivity index (χ4v) is 16.7. The van der Waals surface area contributed by atoms with Crippen molar-refractivity contribution in [3.8, 4) is 0 Å². The van der Waals surface area contributed by atoms with Crippen LogP contribution in [-0.2, 0) is 0 Å². The van der Waals surface area contributed by atoms with Gasteiger partial charge in [0.05, 0.1) is 12.2 Å². The average molecular weight is 607 g/mol. The summed E-state index contributed by atoms with van der Waals surface area (Å²) in [5, 5.41) is 31.8.